The van der Waals surface area contributed by atoms with Crippen molar-refractivity contribution in [2.45, 2.75) is 25.5 Å². The number of nitrogens with zero attached hydrogens (tertiary/aromatic N) is 3. The highest BCUT2D eigenvalue weighted by Crippen LogP contribution is 2.39. The number of allylic oxidation sites excluding steroid dienone is 1. The highest BCUT2D eigenvalue weighted by Gasteiger charge is 2.24. The van der Waals surface area contributed by atoms with Gasteiger partial charge in [0.05, 0.1) is 12.4 Å². The van der Waals surface area contributed by atoms with Gasteiger partial charge in [-0.15, -0.1) is 39.4 Å². The van der Waals surface area contributed by atoms with Crippen molar-refractivity contribution in [1.29, 1.82) is 0 Å². The van der Waals surface area contributed by atoms with Crippen LogP contribution >= 0.6 is 34.4 Å². The number of carbonyl (C=O) groups excluding carboxylic acids is 2. The number of aromatic nitrogens is 3. The van der Waals surface area contributed by atoms with E-state index in [2.05, 4.69) is 46.5 Å². The number of thiophene rings is 2. The third-order valence-electron chi connectivity index (χ3n) is 6.25. The molecule has 0 fully saturated rings. The summed E-state index contributed by atoms with van der Waals surface area (Å²) in [5.41, 5.74) is 5.21. The summed E-state index contributed by atoms with van der Waals surface area (Å²) in [5, 5.41) is 16.9. The average molecular weight is 601 g/mol. The molecule has 208 valence electrons. The number of carbonyl (C=O) groups is 2. The number of anilines is 1. The second-order valence-electron chi connectivity index (χ2n) is 8.93. The lowest BCUT2D eigenvalue weighted by molar-refractivity contribution is -0.113. The number of esters is 1. The average Bonchev–Trinajstić information content (AvgIpc) is 3.70. The lowest BCUT2D eigenvalue weighted by Gasteiger charge is -2.10. The largest absolute Gasteiger partial charge is 0.462 e. The van der Waals surface area contributed by atoms with Gasteiger partial charge in [0.1, 0.15) is 10.6 Å². The van der Waals surface area contributed by atoms with E-state index in [1.54, 1.807) is 24.3 Å². The second-order valence-corrected chi connectivity index (χ2v) is 11.8. The first kappa shape index (κ1) is 28.5. The molecule has 10 heteroatoms. The number of ether oxygens (including phenoxy) is 1. The van der Waals surface area contributed by atoms with Gasteiger partial charge < -0.3 is 10.1 Å². The summed E-state index contributed by atoms with van der Waals surface area (Å²) in [7, 11) is 0. The van der Waals surface area contributed by atoms with Gasteiger partial charge in [0.2, 0.25) is 5.91 Å². The molecule has 0 radical (unpaired) electrons. The van der Waals surface area contributed by atoms with Gasteiger partial charge in [0, 0.05) is 38.9 Å². The molecule has 5 rings (SSSR count). The van der Waals surface area contributed by atoms with Gasteiger partial charge >= 0.3 is 5.97 Å². The molecule has 0 aliphatic rings. The fourth-order valence-corrected chi connectivity index (χ4v) is 7.03. The zero-order valence-corrected chi connectivity index (χ0v) is 25.1. The van der Waals surface area contributed by atoms with Crippen LogP contribution in [-0.4, -0.2) is 39.0 Å². The first-order chi connectivity index (χ1) is 20.0. The number of nitrogens with one attached hydrogen (secondary N) is 1. The molecule has 1 amide bonds. The van der Waals surface area contributed by atoms with E-state index in [9.17, 15) is 9.59 Å². The van der Waals surface area contributed by atoms with Crippen molar-refractivity contribution in [2.24, 2.45) is 0 Å². The molecule has 3 aromatic heterocycles. The van der Waals surface area contributed by atoms with Crippen molar-refractivity contribution in [3.8, 4) is 33.6 Å². The monoisotopic (exact) mass is 600 g/mol. The number of thioether (sulfide) groups is 1. The van der Waals surface area contributed by atoms with Crippen LogP contribution < -0.4 is 5.32 Å². The van der Waals surface area contributed by atoms with Crippen molar-refractivity contribution < 1.29 is 14.3 Å². The SMILES string of the molecule is C=CCn1c(SCC(=O)Nc2scc(-c3ccccc3)c2C(=O)OCC)nnc1-c1csc(C)c1-c1ccccc1. The Morgan fingerprint density at radius 1 is 1.00 bits per heavy atom. The van der Waals surface area contributed by atoms with Gasteiger partial charge in [-0.1, -0.05) is 78.5 Å². The molecule has 0 aliphatic heterocycles. The van der Waals surface area contributed by atoms with Gasteiger partial charge in [0.25, 0.3) is 0 Å². The van der Waals surface area contributed by atoms with Crippen LogP contribution in [0.4, 0.5) is 5.00 Å². The summed E-state index contributed by atoms with van der Waals surface area (Å²) in [6.07, 6.45) is 1.79. The standard InChI is InChI=1S/C31H28N4O3S3/c1-4-16-35-28(24-18-39-20(3)26(24)22-14-10-7-11-15-22)33-34-31(35)41-19-25(36)32-29-27(30(37)38-5-2)23(17-40-29)21-12-8-6-9-13-21/h4,6-15,17-18H,1,5,16,19H2,2-3H3,(H,32,36). The number of hydrogen-bond donors (Lipinski definition) is 1. The van der Waals surface area contributed by atoms with E-state index in [-0.39, 0.29) is 18.3 Å². The first-order valence-corrected chi connectivity index (χ1v) is 15.7. The Bertz CT molecular complexity index is 1670. The highest BCUT2D eigenvalue weighted by atomic mass is 32.2. The minimum absolute atomic E-state index is 0.0876. The second kappa shape index (κ2) is 13.1. The van der Waals surface area contributed by atoms with Gasteiger partial charge in [-0.05, 0) is 25.0 Å². The van der Waals surface area contributed by atoms with Crippen LogP contribution in [0.3, 0.4) is 0 Å². The first-order valence-electron chi connectivity index (χ1n) is 13.0. The van der Waals surface area contributed by atoms with E-state index in [1.807, 2.05) is 58.5 Å². The Morgan fingerprint density at radius 3 is 2.37 bits per heavy atom. The molecule has 3 heterocycles. The Labute approximate surface area is 250 Å². The van der Waals surface area contributed by atoms with Crippen molar-refractivity contribution in [3.63, 3.8) is 0 Å². The number of benzene rings is 2. The summed E-state index contributed by atoms with van der Waals surface area (Å²) in [5.74, 6) is 0.0928. The van der Waals surface area contributed by atoms with E-state index >= 15 is 0 Å². The zero-order valence-electron chi connectivity index (χ0n) is 22.6. The zero-order chi connectivity index (χ0) is 28.8. The van der Waals surface area contributed by atoms with E-state index in [0.29, 0.717) is 22.3 Å². The minimum atomic E-state index is -0.466. The van der Waals surface area contributed by atoms with Crippen LogP contribution in [-0.2, 0) is 16.1 Å². The van der Waals surface area contributed by atoms with Gasteiger partial charge in [-0.2, -0.15) is 0 Å². The fourth-order valence-electron chi connectivity index (χ4n) is 4.45. The predicted molar refractivity (Wildman–Crippen MR) is 169 cm³/mol. The summed E-state index contributed by atoms with van der Waals surface area (Å²) in [6, 6.07) is 19.8. The Hall–Kier alpha value is -3.99. The maximum atomic E-state index is 13.1. The van der Waals surface area contributed by atoms with Crippen molar-refractivity contribution in [1.82, 2.24) is 14.8 Å². The van der Waals surface area contributed by atoms with Crippen LogP contribution in [0.2, 0.25) is 0 Å². The van der Waals surface area contributed by atoms with Crippen LogP contribution in [0.25, 0.3) is 33.6 Å². The van der Waals surface area contributed by atoms with Crippen molar-refractivity contribution >= 4 is 51.3 Å². The third-order valence-corrected chi connectivity index (χ3v) is 9.02. The van der Waals surface area contributed by atoms with Crippen molar-refractivity contribution in [3.05, 3.63) is 94.5 Å². The molecule has 7 nitrogen and oxygen atoms in total. The minimum Gasteiger partial charge on any atom is -0.462 e. The van der Waals surface area contributed by atoms with Gasteiger partial charge in [-0.3, -0.25) is 9.36 Å². The highest BCUT2D eigenvalue weighted by molar-refractivity contribution is 7.99. The van der Waals surface area contributed by atoms with Crippen molar-refractivity contribution in [2.75, 3.05) is 17.7 Å². The molecule has 41 heavy (non-hydrogen) atoms. The number of rotatable bonds is 11. The maximum Gasteiger partial charge on any atom is 0.341 e. The summed E-state index contributed by atoms with van der Waals surface area (Å²) in [6.45, 7) is 8.50. The summed E-state index contributed by atoms with van der Waals surface area (Å²) >= 11 is 4.26. The molecular formula is C31H28N4O3S3. The third kappa shape index (κ3) is 6.19. The van der Waals surface area contributed by atoms with E-state index in [4.69, 9.17) is 4.74 Å². The molecular weight excluding hydrogens is 573 g/mol. The molecule has 2 aromatic carbocycles. The van der Waals surface area contributed by atoms with Gasteiger partial charge in [-0.25, -0.2) is 4.79 Å². The number of amides is 1. The predicted octanol–water partition coefficient (Wildman–Crippen LogP) is 7.80. The molecule has 1 N–H and O–H groups in total. The molecule has 0 spiro atoms. The molecule has 0 saturated heterocycles. The van der Waals surface area contributed by atoms with Crippen LogP contribution in [0.15, 0.2) is 89.2 Å². The van der Waals surface area contributed by atoms with Crippen LogP contribution in [0, 0.1) is 6.92 Å². The lowest BCUT2D eigenvalue weighted by Crippen LogP contribution is -2.17. The molecule has 5 aromatic rings. The Balaban J connectivity index is 1.37. The topological polar surface area (TPSA) is 86.1 Å². The maximum absolute atomic E-state index is 13.1. The smallest absolute Gasteiger partial charge is 0.341 e. The van der Waals surface area contributed by atoms with Gasteiger partial charge in [0.15, 0.2) is 11.0 Å². The Morgan fingerprint density at radius 2 is 1.68 bits per heavy atom. The summed E-state index contributed by atoms with van der Waals surface area (Å²) < 4.78 is 7.29. The molecule has 0 aliphatic carbocycles. The van der Waals surface area contributed by atoms with E-state index in [1.165, 1.54) is 28.0 Å². The molecule has 0 bridgehead atoms. The van der Waals surface area contributed by atoms with E-state index in [0.717, 1.165) is 33.6 Å². The number of hydrogen-bond acceptors (Lipinski definition) is 8. The molecule has 0 unspecified atom stereocenters. The molecule has 0 saturated carbocycles. The Kier molecular flexibility index (Phi) is 9.13. The fraction of sp³-hybridized carbons (Fsp3) is 0.161. The summed E-state index contributed by atoms with van der Waals surface area (Å²) in [4.78, 5) is 27.2. The number of aryl methyl sites for hydroxylation is 1. The molecule has 0 atom stereocenters. The quantitative estimate of drug-likeness (QED) is 0.0946. The van der Waals surface area contributed by atoms with Crippen LogP contribution in [0.1, 0.15) is 22.2 Å². The lowest BCUT2D eigenvalue weighted by atomic mass is 10.0. The van der Waals surface area contributed by atoms with E-state index < -0.39 is 5.97 Å². The van der Waals surface area contributed by atoms with Crippen LogP contribution in [0.5, 0.6) is 0 Å². The normalized spacial score (nSPS) is 10.9.